The van der Waals surface area contributed by atoms with E-state index in [9.17, 15) is 4.79 Å². The van der Waals surface area contributed by atoms with E-state index in [2.05, 4.69) is 5.32 Å². The Hall–Kier alpha value is -1.39. The van der Waals surface area contributed by atoms with Crippen molar-refractivity contribution in [1.29, 1.82) is 0 Å². The van der Waals surface area contributed by atoms with Crippen LogP contribution in [-0.4, -0.2) is 38.7 Å². The highest BCUT2D eigenvalue weighted by molar-refractivity contribution is 5.97. The van der Waals surface area contributed by atoms with Crippen LogP contribution in [0, 0.1) is 0 Å². The van der Waals surface area contributed by atoms with Gasteiger partial charge >= 0.3 is 0 Å². The first-order valence-electron chi connectivity index (χ1n) is 6.32. The lowest BCUT2D eigenvalue weighted by Crippen LogP contribution is -2.28. The van der Waals surface area contributed by atoms with Gasteiger partial charge in [0.25, 0.3) is 0 Å². The maximum atomic E-state index is 11.7. The molecule has 0 amide bonds. The van der Waals surface area contributed by atoms with E-state index in [1.807, 2.05) is 18.2 Å². The highest BCUT2D eigenvalue weighted by Crippen LogP contribution is 2.18. The number of Topliss-reactive ketones (excluding diaryl/α,β-unsaturated/α-hetero) is 1. The number of ether oxygens (including phenoxy) is 2. The number of benzene rings is 1. The van der Waals surface area contributed by atoms with E-state index in [-0.39, 0.29) is 11.9 Å². The number of carbonyl (C=O) groups is 1. The largest absolute Gasteiger partial charge is 0.488 e. The second kappa shape index (κ2) is 6.52. The van der Waals surface area contributed by atoms with Gasteiger partial charge in [0.15, 0.2) is 5.78 Å². The summed E-state index contributed by atoms with van der Waals surface area (Å²) >= 11 is 0. The molecule has 1 N–H and O–H groups in total. The summed E-state index contributed by atoms with van der Waals surface area (Å²) in [6, 6.07) is 7.34. The van der Waals surface area contributed by atoms with Crippen LogP contribution in [-0.2, 0) is 4.74 Å². The smallest absolute Gasteiger partial charge is 0.176 e. The Morgan fingerprint density at radius 2 is 2.44 bits per heavy atom. The molecule has 1 heterocycles. The molecule has 1 atom stereocenters. The molecular formula is C14H19NO3. The van der Waals surface area contributed by atoms with E-state index in [0.29, 0.717) is 18.7 Å². The average Bonchev–Trinajstić information content (AvgIpc) is 2.40. The Balaban J connectivity index is 2.00. The summed E-state index contributed by atoms with van der Waals surface area (Å²) in [4.78, 5) is 11.7. The van der Waals surface area contributed by atoms with Gasteiger partial charge < -0.3 is 14.8 Å². The Kier molecular flexibility index (Phi) is 4.73. The van der Waals surface area contributed by atoms with Crippen molar-refractivity contribution in [3.8, 4) is 5.75 Å². The Bertz CT molecular complexity index is 400. The summed E-state index contributed by atoms with van der Waals surface area (Å²) < 4.78 is 11.2. The first-order chi connectivity index (χ1) is 8.79. The van der Waals surface area contributed by atoms with E-state index in [0.717, 1.165) is 25.2 Å². The molecule has 4 nitrogen and oxygen atoms in total. The van der Waals surface area contributed by atoms with Gasteiger partial charge in [-0.1, -0.05) is 12.1 Å². The van der Waals surface area contributed by atoms with Gasteiger partial charge in [0.2, 0.25) is 0 Å². The van der Waals surface area contributed by atoms with Crippen molar-refractivity contribution in [3.05, 3.63) is 29.8 Å². The van der Waals surface area contributed by atoms with Gasteiger partial charge in [0.05, 0.1) is 13.2 Å². The van der Waals surface area contributed by atoms with Crippen LogP contribution in [0.5, 0.6) is 5.75 Å². The van der Waals surface area contributed by atoms with E-state index < -0.39 is 0 Å². The lowest BCUT2D eigenvalue weighted by molar-refractivity contribution is 0.00740. The number of carbonyl (C=O) groups excluding carboxylic acids is 1. The van der Waals surface area contributed by atoms with Crippen molar-refractivity contribution < 1.29 is 14.3 Å². The zero-order valence-corrected chi connectivity index (χ0v) is 10.6. The van der Waals surface area contributed by atoms with Crippen LogP contribution in [0.2, 0.25) is 0 Å². The van der Waals surface area contributed by atoms with Gasteiger partial charge in [-0.3, -0.25) is 4.79 Å². The molecule has 2 rings (SSSR count). The average molecular weight is 249 g/mol. The van der Waals surface area contributed by atoms with Crippen molar-refractivity contribution in [3.63, 3.8) is 0 Å². The first-order valence-corrected chi connectivity index (χ1v) is 6.32. The third kappa shape index (κ3) is 3.55. The Labute approximate surface area is 107 Å². The van der Waals surface area contributed by atoms with Gasteiger partial charge in [0, 0.05) is 12.2 Å². The fourth-order valence-electron chi connectivity index (χ4n) is 2.00. The molecule has 18 heavy (non-hydrogen) atoms. The fraction of sp³-hybridized carbons (Fsp3) is 0.500. The van der Waals surface area contributed by atoms with E-state index in [1.54, 1.807) is 13.1 Å². The molecule has 0 bridgehead atoms. The maximum absolute atomic E-state index is 11.7. The second-order valence-corrected chi connectivity index (χ2v) is 4.44. The third-order valence-corrected chi connectivity index (χ3v) is 2.91. The highest BCUT2D eigenvalue weighted by atomic mass is 16.5. The standard InChI is InChI=1S/C14H19NO3/c1-15-9-14(16)11-4-2-5-12(8-11)18-13-6-3-7-17-10-13/h2,4-5,8,13,15H,3,6-7,9-10H2,1H3. The maximum Gasteiger partial charge on any atom is 0.176 e. The molecule has 1 saturated heterocycles. The highest BCUT2D eigenvalue weighted by Gasteiger charge is 2.15. The van der Waals surface area contributed by atoms with E-state index in [4.69, 9.17) is 9.47 Å². The number of rotatable bonds is 5. The fourth-order valence-corrected chi connectivity index (χ4v) is 2.00. The Morgan fingerprint density at radius 1 is 1.56 bits per heavy atom. The van der Waals surface area contributed by atoms with Gasteiger partial charge in [0.1, 0.15) is 11.9 Å². The summed E-state index contributed by atoms with van der Waals surface area (Å²) in [7, 11) is 1.76. The molecule has 1 fully saturated rings. The molecule has 0 radical (unpaired) electrons. The van der Waals surface area contributed by atoms with Gasteiger partial charge in [-0.05, 0) is 32.0 Å². The molecule has 1 aromatic rings. The summed E-state index contributed by atoms with van der Waals surface area (Å²) in [5.74, 6) is 0.815. The summed E-state index contributed by atoms with van der Waals surface area (Å²) in [5, 5.41) is 2.86. The summed E-state index contributed by atoms with van der Waals surface area (Å²) in [5.41, 5.74) is 0.679. The van der Waals surface area contributed by atoms with Crippen LogP contribution in [0.1, 0.15) is 23.2 Å². The first kappa shape index (κ1) is 13.1. The topological polar surface area (TPSA) is 47.6 Å². The zero-order chi connectivity index (χ0) is 12.8. The van der Waals surface area contributed by atoms with Crippen LogP contribution in [0.15, 0.2) is 24.3 Å². The number of likely N-dealkylation sites (N-methyl/N-ethyl adjacent to an activating group) is 1. The molecule has 0 saturated carbocycles. The molecule has 0 aliphatic carbocycles. The second-order valence-electron chi connectivity index (χ2n) is 4.44. The molecule has 4 heteroatoms. The van der Waals surface area contributed by atoms with Crippen LogP contribution in [0.4, 0.5) is 0 Å². The molecular weight excluding hydrogens is 230 g/mol. The minimum Gasteiger partial charge on any atom is -0.488 e. The Morgan fingerprint density at radius 3 is 3.17 bits per heavy atom. The lowest BCUT2D eigenvalue weighted by atomic mass is 10.1. The van der Waals surface area contributed by atoms with E-state index >= 15 is 0 Å². The molecule has 1 unspecified atom stereocenters. The minimum absolute atomic E-state index is 0.0721. The number of hydrogen-bond donors (Lipinski definition) is 1. The molecule has 0 aromatic heterocycles. The molecule has 1 aliphatic heterocycles. The monoisotopic (exact) mass is 249 g/mol. The van der Waals surface area contributed by atoms with Crippen molar-refractivity contribution in [2.75, 3.05) is 26.8 Å². The number of ketones is 1. The number of hydrogen-bond acceptors (Lipinski definition) is 4. The van der Waals surface area contributed by atoms with Crippen molar-refractivity contribution in [2.45, 2.75) is 18.9 Å². The third-order valence-electron chi connectivity index (χ3n) is 2.91. The predicted molar refractivity (Wildman–Crippen MR) is 69.2 cm³/mol. The van der Waals surface area contributed by atoms with Gasteiger partial charge in [-0.25, -0.2) is 0 Å². The summed E-state index contributed by atoms with van der Waals surface area (Å²) in [6.07, 6.45) is 2.14. The van der Waals surface area contributed by atoms with Crippen LogP contribution < -0.4 is 10.1 Å². The number of nitrogens with one attached hydrogen (secondary N) is 1. The van der Waals surface area contributed by atoms with Gasteiger partial charge in [-0.15, -0.1) is 0 Å². The summed E-state index contributed by atoms with van der Waals surface area (Å²) in [6.45, 7) is 1.80. The molecule has 1 aliphatic rings. The van der Waals surface area contributed by atoms with E-state index in [1.165, 1.54) is 0 Å². The van der Waals surface area contributed by atoms with Crippen LogP contribution in [0.3, 0.4) is 0 Å². The molecule has 98 valence electrons. The predicted octanol–water partition coefficient (Wildman–Crippen LogP) is 1.65. The van der Waals surface area contributed by atoms with Crippen molar-refractivity contribution in [2.24, 2.45) is 0 Å². The zero-order valence-electron chi connectivity index (χ0n) is 10.6. The molecule has 0 spiro atoms. The molecule has 1 aromatic carbocycles. The van der Waals surface area contributed by atoms with Gasteiger partial charge in [-0.2, -0.15) is 0 Å². The minimum atomic E-state index is 0.0721. The normalized spacial score (nSPS) is 19.5. The van der Waals surface area contributed by atoms with Crippen molar-refractivity contribution in [1.82, 2.24) is 5.32 Å². The SMILES string of the molecule is CNCC(=O)c1cccc(OC2CCCOC2)c1. The lowest BCUT2D eigenvalue weighted by Gasteiger charge is -2.23. The van der Waals surface area contributed by atoms with Crippen LogP contribution in [0.25, 0.3) is 0 Å². The quantitative estimate of drug-likeness (QED) is 0.806. The van der Waals surface area contributed by atoms with Crippen molar-refractivity contribution >= 4 is 5.78 Å². The van der Waals surface area contributed by atoms with Crippen LogP contribution >= 0.6 is 0 Å².